The van der Waals surface area contributed by atoms with Gasteiger partial charge in [0.05, 0.1) is 36.2 Å². The minimum atomic E-state index is -3.00. The van der Waals surface area contributed by atoms with Gasteiger partial charge in [-0.3, -0.25) is 14.5 Å². The molecule has 1 saturated heterocycles. The van der Waals surface area contributed by atoms with Crippen molar-refractivity contribution in [3.8, 4) is 5.75 Å². The molecule has 7 nitrogen and oxygen atoms in total. The van der Waals surface area contributed by atoms with Gasteiger partial charge in [-0.1, -0.05) is 119 Å². The number of fused-ring (bicyclic) bond motifs is 1. The lowest BCUT2D eigenvalue weighted by molar-refractivity contribution is -0.140. The van der Waals surface area contributed by atoms with Crippen molar-refractivity contribution in [3.05, 3.63) is 106 Å². The van der Waals surface area contributed by atoms with Gasteiger partial charge in [-0.2, -0.15) is 0 Å². The number of amides is 2. The number of halogens is 1. The maximum Gasteiger partial charge on any atom is 0.261 e. The Labute approximate surface area is 308 Å². The Morgan fingerprint density at radius 1 is 1.00 bits per heavy atom. The largest absolute Gasteiger partial charge is 0.508 e. The molecule has 1 fully saturated rings. The van der Waals surface area contributed by atoms with Gasteiger partial charge in [-0.25, -0.2) is 0 Å². The van der Waals surface area contributed by atoms with Crippen LogP contribution in [0.4, 0.5) is 0 Å². The van der Waals surface area contributed by atoms with Crippen LogP contribution in [0, 0.1) is 17.8 Å². The number of phenolic OH excluding ortho intramolecular Hbond substituents is 1. The second kappa shape index (κ2) is 16.4. The fourth-order valence-corrected chi connectivity index (χ4v) is 13.0. The van der Waals surface area contributed by atoms with Crippen LogP contribution in [-0.2, 0) is 14.0 Å². The van der Waals surface area contributed by atoms with Gasteiger partial charge in [-0.15, -0.1) is 0 Å². The molecule has 0 bridgehead atoms. The molecule has 1 aliphatic carbocycles. The van der Waals surface area contributed by atoms with Crippen LogP contribution in [0.25, 0.3) is 6.08 Å². The number of carbonyl (C=O) groups excluding carboxylic acids is 2. The predicted molar refractivity (Wildman–Crippen MR) is 206 cm³/mol. The molecule has 0 saturated carbocycles. The van der Waals surface area contributed by atoms with Gasteiger partial charge < -0.3 is 19.7 Å². The Morgan fingerprint density at radius 3 is 2.16 bits per heavy atom. The Hall–Kier alpha value is -3.53. The monoisotopic (exact) mass is 729 g/mol. The number of aliphatic hydroxyl groups excluding tert-OH is 2. The fourth-order valence-electron chi connectivity index (χ4n) is 8.24. The number of hydrogen-bond donors (Lipinski definition) is 3. The van der Waals surface area contributed by atoms with Crippen LogP contribution in [0.1, 0.15) is 72.3 Å². The van der Waals surface area contributed by atoms with Crippen molar-refractivity contribution < 1.29 is 29.3 Å². The van der Waals surface area contributed by atoms with Crippen LogP contribution in [0.15, 0.2) is 95.6 Å². The quantitative estimate of drug-likeness (QED) is 0.0950. The van der Waals surface area contributed by atoms with E-state index in [0.717, 1.165) is 33.5 Å². The molecule has 1 aliphatic heterocycles. The Morgan fingerprint density at radius 2 is 1.63 bits per heavy atom. The number of nitrogens with zero attached hydrogens (tertiary/aromatic N) is 1. The van der Waals surface area contributed by atoms with Crippen molar-refractivity contribution in [2.45, 2.75) is 77.9 Å². The number of likely N-dealkylation sites (tertiary alicyclic amines) is 1. The predicted octanol–water partition coefficient (Wildman–Crippen LogP) is 6.88. The third-order valence-corrected chi connectivity index (χ3v) is 16.0. The van der Waals surface area contributed by atoms with Gasteiger partial charge in [0, 0.05) is 12.5 Å². The molecular formula is C42H52ClNO6Si. The van der Waals surface area contributed by atoms with Crippen LogP contribution in [0.3, 0.4) is 0 Å². The van der Waals surface area contributed by atoms with Gasteiger partial charge in [0.25, 0.3) is 8.32 Å². The first-order valence-corrected chi connectivity index (χ1v) is 20.4. The molecule has 0 aromatic heterocycles. The number of benzene rings is 3. The summed E-state index contributed by atoms with van der Waals surface area (Å²) in [4.78, 5) is 28.9. The number of phenols is 1. The van der Waals surface area contributed by atoms with Gasteiger partial charge in [0.1, 0.15) is 5.75 Å². The summed E-state index contributed by atoms with van der Waals surface area (Å²) in [6.07, 6.45) is 3.55. The van der Waals surface area contributed by atoms with E-state index in [-0.39, 0.29) is 42.2 Å². The lowest BCUT2D eigenvalue weighted by Gasteiger charge is -2.44. The van der Waals surface area contributed by atoms with Gasteiger partial charge in [0.15, 0.2) is 0 Å². The molecule has 1 heterocycles. The number of hydrogen-bond acceptors (Lipinski definition) is 6. The topological polar surface area (TPSA) is 107 Å². The minimum Gasteiger partial charge on any atom is -0.508 e. The molecule has 272 valence electrons. The van der Waals surface area contributed by atoms with Crippen molar-refractivity contribution in [2.24, 2.45) is 17.8 Å². The average Bonchev–Trinajstić information content (AvgIpc) is 3.35. The maximum atomic E-state index is 13.8. The zero-order valence-corrected chi connectivity index (χ0v) is 32.2. The first-order chi connectivity index (χ1) is 24.4. The molecule has 3 N–H and O–H groups in total. The summed E-state index contributed by atoms with van der Waals surface area (Å²) in [6, 6.07) is 25.5. The van der Waals surface area contributed by atoms with E-state index < -0.39 is 32.2 Å². The van der Waals surface area contributed by atoms with Crippen molar-refractivity contribution in [3.63, 3.8) is 0 Å². The van der Waals surface area contributed by atoms with Crippen molar-refractivity contribution in [1.29, 1.82) is 0 Å². The van der Waals surface area contributed by atoms with Crippen molar-refractivity contribution in [1.82, 2.24) is 4.90 Å². The normalized spacial score (nSPS) is 20.6. The molecule has 3 aromatic rings. The molecule has 4 atom stereocenters. The van der Waals surface area contributed by atoms with Crippen molar-refractivity contribution >= 4 is 48.2 Å². The molecule has 0 spiro atoms. The van der Waals surface area contributed by atoms with E-state index in [4.69, 9.17) is 16.0 Å². The standard InChI is InChI=1S/C42H52ClNO6Si/c1-6-22-44-40(48)34-24-30(27-50-51(42(3,4)5,32-14-10-8-11-15-32)33-16-12-9-13-17-33)38(35(26-45)39(34)41(44)49)37(47)21-18-28(7-2)23-29-19-20-31(46)25-36(29)43/h8-17,19-20,23,25,34-35,37,39,45-47H,6-7,18,21-22,24,26-27H2,1-5H3/b28-23+/t34-,35+,37-,39-/m1/s1. The fraction of sp³-hybridized carbons (Fsp3) is 0.429. The Bertz CT molecular complexity index is 1710. The smallest absolute Gasteiger partial charge is 0.261 e. The van der Waals surface area contributed by atoms with E-state index in [1.807, 2.05) is 56.3 Å². The van der Waals surface area contributed by atoms with Crippen molar-refractivity contribution in [2.75, 3.05) is 19.8 Å². The summed E-state index contributed by atoms with van der Waals surface area (Å²) in [5, 5.41) is 35.3. The second-order valence-electron chi connectivity index (χ2n) is 14.9. The van der Waals surface area contributed by atoms with E-state index in [2.05, 4.69) is 45.0 Å². The van der Waals surface area contributed by atoms with Crippen LogP contribution in [0.2, 0.25) is 10.1 Å². The average molecular weight is 730 g/mol. The number of rotatable bonds is 14. The summed E-state index contributed by atoms with van der Waals surface area (Å²) in [6.45, 7) is 10.7. The number of allylic oxidation sites excluding steroid dienone is 1. The maximum absolute atomic E-state index is 13.8. The highest BCUT2D eigenvalue weighted by molar-refractivity contribution is 6.99. The Kier molecular flexibility index (Phi) is 12.5. The molecule has 0 unspecified atom stereocenters. The first kappa shape index (κ1) is 38.7. The minimum absolute atomic E-state index is 0.0912. The van der Waals surface area contributed by atoms with E-state index in [1.54, 1.807) is 12.1 Å². The number of carbonyl (C=O) groups is 2. The summed E-state index contributed by atoms with van der Waals surface area (Å²) < 4.78 is 7.34. The lowest BCUT2D eigenvalue weighted by Crippen LogP contribution is -2.66. The molecule has 51 heavy (non-hydrogen) atoms. The van der Waals surface area contributed by atoms with Crippen LogP contribution < -0.4 is 10.4 Å². The van der Waals surface area contributed by atoms with Crippen LogP contribution in [0.5, 0.6) is 5.75 Å². The summed E-state index contributed by atoms with van der Waals surface area (Å²) in [5.74, 6) is -2.43. The van der Waals surface area contributed by atoms with Gasteiger partial charge in [0.2, 0.25) is 11.8 Å². The van der Waals surface area contributed by atoms with Crippen LogP contribution in [-0.4, -0.2) is 66.2 Å². The first-order valence-electron chi connectivity index (χ1n) is 18.2. The third-order valence-electron chi connectivity index (χ3n) is 10.7. The van der Waals surface area contributed by atoms with Crippen LogP contribution >= 0.6 is 11.6 Å². The molecule has 0 radical (unpaired) electrons. The number of aliphatic hydroxyl groups is 2. The summed E-state index contributed by atoms with van der Waals surface area (Å²) in [5.41, 5.74) is 3.25. The van der Waals surface area contributed by atoms with E-state index >= 15 is 0 Å². The molecule has 3 aromatic carbocycles. The van der Waals surface area contributed by atoms with Gasteiger partial charge >= 0.3 is 0 Å². The molecule has 2 aliphatic rings. The Balaban J connectivity index is 1.57. The summed E-state index contributed by atoms with van der Waals surface area (Å²) in [7, 11) is -3.00. The molecule has 9 heteroatoms. The zero-order valence-electron chi connectivity index (χ0n) is 30.4. The highest BCUT2D eigenvalue weighted by Gasteiger charge is 2.55. The second-order valence-corrected chi connectivity index (χ2v) is 19.6. The molecular weight excluding hydrogens is 678 g/mol. The van der Waals surface area contributed by atoms with E-state index in [9.17, 15) is 24.9 Å². The van der Waals surface area contributed by atoms with Gasteiger partial charge in [-0.05, 0) is 82.4 Å². The highest BCUT2D eigenvalue weighted by atomic mass is 35.5. The highest BCUT2D eigenvalue weighted by Crippen LogP contribution is 2.47. The lowest BCUT2D eigenvalue weighted by atomic mass is 9.68. The number of imide groups is 1. The third kappa shape index (κ3) is 7.81. The number of aromatic hydroxyl groups is 1. The molecule has 5 rings (SSSR count). The molecule has 2 amide bonds. The van der Waals surface area contributed by atoms with E-state index in [0.29, 0.717) is 36.4 Å². The van der Waals surface area contributed by atoms with E-state index in [1.165, 1.54) is 11.0 Å². The SMILES string of the molecule is CCCN1C(=O)[C@@H]2[C@@H](CC(CO[Si](c3ccccc3)(c3ccccc3)C(C)(C)C)=C([C@H](O)CC/C(=C/c3ccc(O)cc3Cl)CC)[C@@H]2CO)C1=O. The summed E-state index contributed by atoms with van der Waals surface area (Å²) >= 11 is 6.41. The zero-order chi connectivity index (χ0) is 36.9.